The Balaban J connectivity index is 1.28. The summed E-state index contributed by atoms with van der Waals surface area (Å²) in [5.41, 5.74) is 3.77. The van der Waals surface area contributed by atoms with E-state index in [1.54, 1.807) is 0 Å². The molecule has 0 heterocycles. The topological polar surface area (TPSA) is 21.7 Å². The molecule has 0 amide bonds. The van der Waals surface area contributed by atoms with Crippen molar-refractivity contribution in [2.75, 3.05) is 13.2 Å². The Kier molecular flexibility index (Phi) is 7.94. The van der Waals surface area contributed by atoms with E-state index in [0.29, 0.717) is 13.2 Å². The first-order chi connectivity index (χ1) is 15.8. The number of rotatable bonds is 11. The van der Waals surface area contributed by atoms with Gasteiger partial charge in [0.05, 0.1) is 0 Å². The zero-order chi connectivity index (χ0) is 21.8. The standard InChI is InChI=1S/C29H29NO2/c1-4-10-25(11-5-1)22-30(23-26-12-6-2-7-13-26)20-21-31-28-16-18-29(19-17-28)32-24-27-14-8-3-9-15-27/h1-19H,20-24H2. The van der Waals surface area contributed by atoms with E-state index in [1.165, 1.54) is 11.1 Å². The van der Waals surface area contributed by atoms with Crippen molar-refractivity contribution in [1.82, 2.24) is 4.90 Å². The van der Waals surface area contributed by atoms with Gasteiger partial charge in [0.25, 0.3) is 0 Å². The summed E-state index contributed by atoms with van der Waals surface area (Å²) in [4.78, 5) is 2.42. The van der Waals surface area contributed by atoms with E-state index in [9.17, 15) is 0 Å². The van der Waals surface area contributed by atoms with Crippen LogP contribution in [-0.2, 0) is 19.7 Å². The number of hydrogen-bond acceptors (Lipinski definition) is 3. The highest BCUT2D eigenvalue weighted by Crippen LogP contribution is 2.19. The third kappa shape index (κ3) is 7.00. The lowest BCUT2D eigenvalue weighted by molar-refractivity contribution is 0.196. The summed E-state index contributed by atoms with van der Waals surface area (Å²) in [6.07, 6.45) is 0. The summed E-state index contributed by atoms with van der Waals surface area (Å²) in [5.74, 6) is 1.70. The molecule has 0 aliphatic rings. The highest BCUT2D eigenvalue weighted by Gasteiger charge is 2.08. The van der Waals surface area contributed by atoms with Gasteiger partial charge in [-0.1, -0.05) is 91.0 Å². The highest BCUT2D eigenvalue weighted by molar-refractivity contribution is 5.31. The van der Waals surface area contributed by atoms with Crippen LogP contribution >= 0.6 is 0 Å². The molecule has 0 saturated heterocycles. The van der Waals surface area contributed by atoms with E-state index in [-0.39, 0.29) is 0 Å². The first-order valence-corrected chi connectivity index (χ1v) is 11.0. The molecule has 4 aromatic rings. The third-order valence-electron chi connectivity index (χ3n) is 5.25. The molecule has 0 fully saturated rings. The van der Waals surface area contributed by atoms with Crippen LogP contribution in [0, 0.1) is 0 Å². The molecular formula is C29H29NO2. The minimum Gasteiger partial charge on any atom is -0.492 e. The summed E-state index contributed by atoms with van der Waals surface area (Å²) in [6.45, 7) is 3.83. The molecule has 0 aliphatic carbocycles. The van der Waals surface area contributed by atoms with Crippen LogP contribution in [0.1, 0.15) is 16.7 Å². The molecule has 0 unspecified atom stereocenters. The third-order valence-corrected chi connectivity index (χ3v) is 5.25. The second kappa shape index (κ2) is 11.7. The Morgan fingerprint density at radius 3 is 1.41 bits per heavy atom. The lowest BCUT2D eigenvalue weighted by Crippen LogP contribution is -2.27. The zero-order valence-corrected chi connectivity index (χ0v) is 18.3. The maximum Gasteiger partial charge on any atom is 0.120 e. The maximum absolute atomic E-state index is 6.03. The van der Waals surface area contributed by atoms with Crippen LogP contribution in [0.15, 0.2) is 115 Å². The molecule has 3 nitrogen and oxygen atoms in total. The van der Waals surface area contributed by atoms with E-state index >= 15 is 0 Å². The van der Waals surface area contributed by atoms with Gasteiger partial charge in [0.2, 0.25) is 0 Å². The predicted octanol–water partition coefficient (Wildman–Crippen LogP) is 6.35. The maximum atomic E-state index is 6.03. The fraction of sp³-hybridized carbons (Fsp3) is 0.172. The average molecular weight is 424 g/mol. The minimum atomic E-state index is 0.564. The fourth-order valence-electron chi connectivity index (χ4n) is 3.56. The van der Waals surface area contributed by atoms with Crippen LogP contribution < -0.4 is 9.47 Å². The molecule has 0 bridgehead atoms. The summed E-state index contributed by atoms with van der Waals surface area (Å²) < 4.78 is 11.9. The predicted molar refractivity (Wildman–Crippen MR) is 130 cm³/mol. The monoisotopic (exact) mass is 423 g/mol. The molecule has 162 valence electrons. The van der Waals surface area contributed by atoms with E-state index in [1.807, 2.05) is 42.5 Å². The van der Waals surface area contributed by atoms with Crippen molar-refractivity contribution in [3.63, 3.8) is 0 Å². The van der Waals surface area contributed by atoms with Crippen LogP contribution in [-0.4, -0.2) is 18.1 Å². The zero-order valence-electron chi connectivity index (χ0n) is 18.3. The van der Waals surface area contributed by atoms with Gasteiger partial charge in [-0.3, -0.25) is 4.90 Å². The first kappa shape index (κ1) is 21.7. The van der Waals surface area contributed by atoms with Crippen molar-refractivity contribution in [3.8, 4) is 11.5 Å². The molecule has 0 aliphatic heterocycles. The second-order valence-electron chi connectivity index (χ2n) is 7.78. The smallest absolute Gasteiger partial charge is 0.120 e. The van der Waals surface area contributed by atoms with Gasteiger partial charge in [0.15, 0.2) is 0 Å². The van der Waals surface area contributed by atoms with E-state index in [0.717, 1.165) is 36.7 Å². The van der Waals surface area contributed by atoms with Crippen molar-refractivity contribution in [2.24, 2.45) is 0 Å². The largest absolute Gasteiger partial charge is 0.492 e. The molecule has 0 saturated carbocycles. The first-order valence-electron chi connectivity index (χ1n) is 11.0. The molecule has 4 aromatic carbocycles. The molecule has 32 heavy (non-hydrogen) atoms. The van der Waals surface area contributed by atoms with Gasteiger partial charge in [0, 0.05) is 19.6 Å². The van der Waals surface area contributed by atoms with Crippen molar-refractivity contribution < 1.29 is 9.47 Å². The Bertz CT molecular complexity index is 993. The summed E-state index contributed by atoms with van der Waals surface area (Å²) in [7, 11) is 0. The van der Waals surface area contributed by atoms with Gasteiger partial charge in [-0.2, -0.15) is 0 Å². The summed E-state index contributed by atoms with van der Waals surface area (Å²) >= 11 is 0. The average Bonchev–Trinajstić information content (AvgIpc) is 2.85. The van der Waals surface area contributed by atoms with Crippen LogP contribution in [0.3, 0.4) is 0 Å². The molecule has 0 aromatic heterocycles. The second-order valence-corrected chi connectivity index (χ2v) is 7.78. The molecular weight excluding hydrogens is 394 g/mol. The molecule has 0 N–H and O–H groups in total. The molecule has 0 atom stereocenters. The molecule has 0 radical (unpaired) electrons. The van der Waals surface area contributed by atoms with Gasteiger partial charge >= 0.3 is 0 Å². The van der Waals surface area contributed by atoms with Crippen LogP contribution in [0.4, 0.5) is 0 Å². The van der Waals surface area contributed by atoms with Crippen LogP contribution in [0.5, 0.6) is 11.5 Å². The number of nitrogens with zero attached hydrogens (tertiary/aromatic N) is 1. The van der Waals surface area contributed by atoms with Crippen molar-refractivity contribution in [3.05, 3.63) is 132 Å². The van der Waals surface area contributed by atoms with Crippen LogP contribution in [0.25, 0.3) is 0 Å². The Hall–Kier alpha value is -3.56. The molecule has 0 spiro atoms. The van der Waals surface area contributed by atoms with Crippen LogP contribution in [0.2, 0.25) is 0 Å². The number of hydrogen-bond donors (Lipinski definition) is 0. The van der Waals surface area contributed by atoms with Crippen molar-refractivity contribution in [2.45, 2.75) is 19.7 Å². The number of ether oxygens (including phenoxy) is 2. The van der Waals surface area contributed by atoms with Gasteiger partial charge in [0.1, 0.15) is 24.7 Å². The SMILES string of the molecule is c1ccc(COc2ccc(OCCN(Cc3ccccc3)Cc3ccccc3)cc2)cc1. The van der Waals surface area contributed by atoms with Gasteiger partial charge in [-0.25, -0.2) is 0 Å². The molecule has 4 rings (SSSR count). The number of benzene rings is 4. The van der Waals surface area contributed by atoms with Gasteiger partial charge in [-0.15, -0.1) is 0 Å². The Labute approximate surface area is 190 Å². The van der Waals surface area contributed by atoms with E-state index in [4.69, 9.17) is 9.47 Å². The normalized spacial score (nSPS) is 10.8. The van der Waals surface area contributed by atoms with E-state index in [2.05, 4.69) is 77.7 Å². The Morgan fingerprint density at radius 1 is 0.469 bits per heavy atom. The highest BCUT2D eigenvalue weighted by atomic mass is 16.5. The minimum absolute atomic E-state index is 0.564. The summed E-state index contributed by atoms with van der Waals surface area (Å²) in [5, 5.41) is 0. The quantitative estimate of drug-likeness (QED) is 0.281. The summed E-state index contributed by atoms with van der Waals surface area (Å²) in [6, 6.07) is 39.2. The van der Waals surface area contributed by atoms with E-state index < -0.39 is 0 Å². The van der Waals surface area contributed by atoms with Gasteiger partial charge in [-0.05, 0) is 41.0 Å². The van der Waals surface area contributed by atoms with Gasteiger partial charge < -0.3 is 9.47 Å². The lowest BCUT2D eigenvalue weighted by atomic mass is 10.1. The fourth-order valence-corrected chi connectivity index (χ4v) is 3.56. The molecule has 3 heteroatoms. The Morgan fingerprint density at radius 2 is 0.906 bits per heavy atom. The van der Waals surface area contributed by atoms with Crippen molar-refractivity contribution in [1.29, 1.82) is 0 Å². The van der Waals surface area contributed by atoms with Crippen molar-refractivity contribution >= 4 is 0 Å². The lowest BCUT2D eigenvalue weighted by Gasteiger charge is -2.23.